The van der Waals surface area contributed by atoms with E-state index >= 15 is 0 Å². The number of nitrogens with zero attached hydrogens (tertiary/aromatic N) is 2. The van der Waals surface area contributed by atoms with Gasteiger partial charge in [-0.3, -0.25) is 4.79 Å². The molecule has 3 aromatic carbocycles. The molecule has 0 radical (unpaired) electrons. The number of carbonyl (C=O) groups is 1. The Balaban J connectivity index is 1.08. The van der Waals surface area contributed by atoms with Crippen molar-refractivity contribution in [3.8, 4) is 5.75 Å². The van der Waals surface area contributed by atoms with Crippen LogP contribution in [0.5, 0.6) is 5.75 Å². The Labute approximate surface area is 256 Å². The number of amides is 1. The Bertz CT molecular complexity index is 1300. The molecule has 222 valence electrons. The second kappa shape index (κ2) is 14.6. The maximum Gasteiger partial charge on any atom is 0.251 e. The Morgan fingerprint density at radius 1 is 0.833 bits per heavy atom. The lowest BCUT2D eigenvalue weighted by Crippen LogP contribution is -2.37. The minimum Gasteiger partial charge on any atom is -0.489 e. The zero-order valence-corrected chi connectivity index (χ0v) is 25.6. The SMILES string of the molecule is O=C(NCCN1CCCCC1)c1ccc2c(c1)C(SCCN1CCC(Cc3ccccc3)CC1)c1ccccc1CO2. The fraction of sp³-hybridized carbons (Fsp3) is 0.472. The molecule has 3 aromatic rings. The number of nitrogens with one attached hydrogen (secondary N) is 1. The summed E-state index contributed by atoms with van der Waals surface area (Å²) in [6.07, 6.45) is 7.62. The van der Waals surface area contributed by atoms with Crippen LogP contribution in [0, 0.1) is 5.92 Å². The lowest BCUT2D eigenvalue weighted by atomic mass is 9.90. The van der Waals surface area contributed by atoms with Crippen LogP contribution in [0.2, 0.25) is 0 Å². The number of piperidine rings is 2. The highest BCUT2D eigenvalue weighted by Crippen LogP contribution is 2.44. The molecule has 2 fully saturated rings. The highest BCUT2D eigenvalue weighted by atomic mass is 32.2. The summed E-state index contributed by atoms with van der Waals surface area (Å²) in [6.45, 7) is 7.93. The summed E-state index contributed by atoms with van der Waals surface area (Å²) in [5, 5.41) is 3.32. The highest BCUT2D eigenvalue weighted by molar-refractivity contribution is 7.99. The van der Waals surface area contributed by atoms with Gasteiger partial charge in [0.05, 0.1) is 5.25 Å². The van der Waals surface area contributed by atoms with Crippen molar-refractivity contribution in [2.75, 3.05) is 51.6 Å². The Kier molecular flexibility index (Phi) is 10.2. The molecular formula is C36H45N3O2S. The summed E-state index contributed by atoms with van der Waals surface area (Å²) in [4.78, 5) is 18.3. The van der Waals surface area contributed by atoms with Crippen molar-refractivity contribution >= 4 is 17.7 Å². The number of fused-ring (bicyclic) bond motifs is 2. The van der Waals surface area contributed by atoms with E-state index in [0.717, 1.165) is 54.7 Å². The van der Waals surface area contributed by atoms with Crippen LogP contribution in [0.4, 0.5) is 0 Å². The van der Waals surface area contributed by atoms with E-state index in [1.165, 1.54) is 68.3 Å². The van der Waals surface area contributed by atoms with Gasteiger partial charge in [-0.2, -0.15) is 0 Å². The number of thioether (sulfide) groups is 1. The molecule has 3 heterocycles. The van der Waals surface area contributed by atoms with Crippen molar-refractivity contribution in [2.24, 2.45) is 5.92 Å². The first kappa shape index (κ1) is 29.3. The Hall–Kier alpha value is -2.80. The van der Waals surface area contributed by atoms with Gasteiger partial charge < -0.3 is 19.9 Å². The monoisotopic (exact) mass is 583 g/mol. The number of rotatable bonds is 10. The normalized spacial score (nSPS) is 19.8. The van der Waals surface area contributed by atoms with E-state index in [9.17, 15) is 4.79 Å². The molecule has 2 saturated heterocycles. The molecule has 1 atom stereocenters. The van der Waals surface area contributed by atoms with E-state index in [0.29, 0.717) is 13.2 Å². The molecule has 0 aromatic heterocycles. The molecule has 5 nitrogen and oxygen atoms in total. The molecule has 1 N–H and O–H groups in total. The molecule has 0 aliphatic carbocycles. The van der Waals surface area contributed by atoms with E-state index in [1.807, 2.05) is 23.9 Å². The van der Waals surface area contributed by atoms with Gasteiger partial charge in [0.25, 0.3) is 5.91 Å². The number of hydrogen-bond acceptors (Lipinski definition) is 5. The van der Waals surface area contributed by atoms with Crippen molar-refractivity contribution in [1.29, 1.82) is 0 Å². The van der Waals surface area contributed by atoms with Crippen LogP contribution in [-0.2, 0) is 13.0 Å². The van der Waals surface area contributed by atoms with Crippen molar-refractivity contribution in [2.45, 2.75) is 50.4 Å². The lowest BCUT2D eigenvalue weighted by Gasteiger charge is -2.32. The van der Waals surface area contributed by atoms with Crippen molar-refractivity contribution in [3.63, 3.8) is 0 Å². The first-order valence-corrected chi connectivity index (χ1v) is 17.0. The summed E-state index contributed by atoms with van der Waals surface area (Å²) in [5.41, 5.74) is 5.86. The number of hydrogen-bond donors (Lipinski definition) is 1. The summed E-state index contributed by atoms with van der Waals surface area (Å²) in [7, 11) is 0. The highest BCUT2D eigenvalue weighted by Gasteiger charge is 2.27. The molecule has 1 unspecified atom stereocenters. The molecule has 1 amide bonds. The topological polar surface area (TPSA) is 44.8 Å². The number of ether oxygens (including phenoxy) is 1. The van der Waals surface area contributed by atoms with Gasteiger partial charge in [-0.1, -0.05) is 61.0 Å². The van der Waals surface area contributed by atoms with Gasteiger partial charge >= 0.3 is 0 Å². The second-order valence-electron chi connectivity index (χ2n) is 12.1. The van der Waals surface area contributed by atoms with E-state index in [2.05, 4.69) is 75.8 Å². The molecule has 42 heavy (non-hydrogen) atoms. The first-order chi connectivity index (χ1) is 20.7. The Morgan fingerprint density at radius 2 is 1.60 bits per heavy atom. The molecule has 0 saturated carbocycles. The Morgan fingerprint density at radius 3 is 2.43 bits per heavy atom. The predicted molar refractivity (Wildman–Crippen MR) is 173 cm³/mol. The van der Waals surface area contributed by atoms with Crippen LogP contribution in [0.25, 0.3) is 0 Å². The van der Waals surface area contributed by atoms with Gasteiger partial charge in [0.2, 0.25) is 0 Å². The minimum atomic E-state index is 0.00876. The van der Waals surface area contributed by atoms with Crippen LogP contribution in [0.3, 0.4) is 0 Å². The molecule has 0 spiro atoms. The van der Waals surface area contributed by atoms with Gasteiger partial charge in [0.1, 0.15) is 12.4 Å². The third-order valence-electron chi connectivity index (χ3n) is 9.20. The average Bonchev–Trinajstić information content (AvgIpc) is 3.19. The smallest absolute Gasteiger partial charge is 0.251 e. The summed E-state index contributed by atoms with van der Waals surface area (Å²) < 4.78 is 6.30. The van der Waals surface area contributed by atoms with Crippen LogP contribution >= 0.6 is 11.8 Å². The minimum absolute atomic E-state index is 0.00876. The molecule has 3 aliphatic heterocycles. The van der Waals surface area contributed by atoms with Crippen molar-refractivity contribution < 1.29 is 9.53 Å². The first-order valence-electron chi connectivity index (χ1n) is 16.0. The third kappa shape index (κ3) is 7.58. The van der Waals surface area contributed by atoms with Gasteiger partial charge in [-0.15, -0.1) is 11.8 Å². The zero-order valence-electron chi connectivity index (χ0n) is 24.8. The fourth-order valence-corrected chi connectivity index (χ4v) is 8.10. The fourth-order valence-electron chi connectivity index (χ4n) is 6.72. The van der Waals surface area contributed by atoms with E-state index in [4.69, 9.17) is 4.74 Å². The largest absolute Gasteiger partial charge is 0.489 e. The molecule has 6 heteroatoms. The van der Waals surface area contributed by atoms with E-state index in [-0.39, 0.29) is 11.2 Å². The zero-order chi connectivity index (χ0) is 28.6. The number of likely N-dealkylation sites (tertiary alicyclic amines) is 2. The quantitative estimate of drug-likeness (QED) is 0.292. The average molecular weight is 584 g/mol. The summed E-state index contributed by atoms with van der Waals surface area (Å²) in [6, 6.07) is 25.6. The lowest BCUT2D eigenvalue weighted by molar-refractivity contribution is 0.0946. The van der Waals surface area contributed by atoms with E-state index in [1.54, 1.807) is 0 Å². The maximum absolute atomic E-state index is 13.2. The van der Waals surface area contributed by atoms with Crippen LogP contribution in [0.15, 0.2) is 72.8 Å². The summed E-state index contributed by atoms with van der Waals surface area (Å²) >= 11 is 1.99. The number of benzene rings is 3. The third-order valence-corrected chi connectivity index (χ3v) is 10.5. The molecule has 3 aliphatic rings. The van der Waals surface area contributed by atoms with Crippen molar-refractivity contribution in [1.82, 2.24) is 15.1 Å². The standard InChI is InChI=1S/C36H45N3O2S/c40-36(37-17-22-38-18-7-2-8-19-38)30-13-14-34-33(26-30)35(32-12-6-5-11-31(32)27-41-34)42-24-23-39-20-15-29(16-21-39)25-28-9-3-1-4-10-28/h1,3-6,9-14,26,29,35H,2,7-8,15-25,27H2,(H,37,40). The summed E-state index contributed by atoms with van der Waals surface area (Å²) in [5.74, 6) is 2.75. The van der Waals surface area contributed by atoms with Gasteiger partial charge in [-0.05, 0) is 99.1 Å². The van der Waals surface area contributed by atoms with Crippen LogP contribution in [0.1, 0.15) is 70.0 Å². The molecule has 6 rings (SSSR count). The maximum atomic E-state index is 13.2. The second-order valence-corrected chi connectivity index (χ2v) is 13.3. The van der Waals surface area contributed by atoms with Gasteiger partial charge in [0, 0.05) is 36.5 Å². The van der Waals surface area contributed by atoms with Crippen molar-refractivity contribution in [3.05, 3.63) is 101 Å². The van der Waals surface area contributed by atoms with Crippen LogP contribution < -0.4 is 10.1 Å². The van der Waals surface area contributed by atoms with Crippen LogP contribution in [-0.4, -0.2) is 67.3 Å². The molecular weight excluding hydrogens is 538 g/mol. The molecule has 0 bridgehead atoms. The van der Waals surface area contributed by atoms with E-state index < -0.39 is 0 Å². The number of carbonyl (C=O) groups excluding carboxylic acids is 1. The predicted octanol–water partition coefficient (Wildman–Crippen LogP) is 6.57. The van der Waals surface area contributed by atoms with Gasteiger partial charge in [-0.25, -0.2) is 0 Å². The van der Waals surface area contributed by atoms with Gasteiger partial charge in [0.15, 0.2) is 0 Å².